The smallest absolute Gasteiger partial charge is 0.277 e. The Bertz CT molecular complexity index is 717. The molecule has 3 rings (SSSR count). The number of aryl methyl sites for hydroxylation is 1. The summed E-state index contributed by atoms with van der Waals surface area (Å²) >= 11 is 1.48. The predicted molar refractivity (Wildman–Crippen MR) is 101 cm³/mol. The summed E-state index contributed by atoms with van der Waals surface area (Å²) < 4.78 is 1.92. The van der Waals surface area contributed by atoms with Gasteiger partial charge >= 0.3 is 0 Å². The Morgan fingerprint density at radius 2 is 2.12 bits per heavy atom. The average Bonchev–Trinajstić information content (AvgIpc) is 3.21. The summed E-state index contributed by atoms with van der Waals surface area (Å²) in [6.07, 6.45) is 4.85. The molecule has 1 N–H and O–H groups in total. The van der Waals surface area contributed by atoms with Crippen LogP contribution in [0, 0.1) is 6.92 Å². The second-order valence-corrected chi connectivity index (χ2v) is 7.67. The molecular weight excluding hydrogens is 334 g/mol. The molecule has 0 bridgehead atoms. The fourth-order valence-corrected chi connectivity index (χ4v) is 3.86. The molecule has 1 aliphatic rings. The van der Waals surface area contributed by atoms with Crippen molar-refractivity contribution in [1.82, 2.24) is 19.7 Å². The maximum Gasteiger partial charge on any atom is 0.277 e. The average molecular weight is 362 g/mol. The van der Waals surface area contributed by atoms with Crippen LogP contribution in [-0.2, 0) is 6.54 Å². The van der Waals surface area contributed by atoms with Crippen molar-refractivity contribution in [3.05, 3.63) is 28.5 Å². The molecule has 6 nitrogen and oxygen atoms in total. The van der Waals surface area contributed by atoms with Gasteiger partial charge in [0.25, 0.3) is 5.91 Å². The number of likely N-dealkylation sites (tertiary alicyclic amines) is 1. The number of thiazole rings is 1. The number of aromatic nitrogens is 3. The van der Waals surface area contributed by atoms with E-state index in [-0.39, 0.29) is 11.9 Å². The van der Waals surface area contributed by atoms with Crippen LogP contribution >= 0.6 is 11.3 Å². The SMILES string of the molecule is CCC(C)n1nc(C(=O)Nc2nc(CN3CCCCC3)cs2)cc1C. The van der Waals surface area contributed by atoms with E-state index in [1.54, 1.807) is 0 Å². The number of nitrogens with one attached hydrogen (secondary N) is 1. The third-order valence-corrected chi connectivity index (χ3v) is 5.58. The first kappa shape index (κ1) is 18.1. The maximum absolute atomic E-state index is 12.5. The zero-order chi connectivity index (χ0) is 17.8. The summed E-state index contributed by atoms with van der Waals surface area (Å²) in [7, 11) is 0. The highest BCUT2D eigenvalue weighted by atomic mass is 32.1. The van der Waals surface area contributed by atoms with Gasteiger partial charge in [-0.15, -0.1) is 11.3 Å². The third kappa shape index (κ3) is 4.46. The van der Waals surface area contributed by atoms with Crippen LogP contribution in [-0.4, -0.2) is 38.7 Å². The van der Waals surface area contributed by atoms with E-state index in [4.69, 9.17) is 0 Å². The van der Waals surface area contributed by atoms with Gasteiger partial charge in [-0.2, -0.15) is 5.10 Å². The van der Waals surface area contributed by atoms with Crippen molar-refractivity contribution < 1.29 is 4.79 Å². The van der Waals surface area contributed by atoms with E-state index in [0.29, 0.717) is 10.8 Å². The molecule has 1 fully saturated rings. The molecule has 2 aromatic rings. The minimum atomic E-state index is -0.191. The van der Waals surface area contributed by atoms with Crippen LogP contribution < -0.4 is 5.32 Å². The zero-order valence-corrected chi connectivity index (χ0v) is 16.1. The molecule has 7 heteroatoms. The largest absolute Gasteiger partial charge is 0.297 e. The van der Waals surface area contributed by atoms with Crippen molar-refractivity contribution in [3.63, 3.8) is 0 Å². The van der Waals surface area contributed by atoms with Crippen molar-refractivity contribution >= 4 is 22.4 Å². The number of piperidine rings is 1. The van der Waals surface area contributed by atoms with Crippen molar-refractivity contribution in [2.75, 3.05) is 18.4 Å². The van der Waals surface area contributed by atoms with E-state index in [2.05, 4.69) is 34.1 Å². The van der Waals surface area contributed by atoms with E-state index in [0.717, 1.165) is 37.4 Å². The van der Waals surface area contributed by atoms with Gasteiger partial charge in [0.05, 0.1) is 5.69 Å². The Balaban J connectivity index is 1.61. The second-order valence-electron chi connectivity index (χ2n) is 6.81. The van der Waals surface area contributed by atoms with Crippen molar-refractivity contribution in [2.24, 2.45) is 0 Å². The molecule has 3 heterocycles. The Kier molecular flexibility index (Phi) is 5.86. The summed E-state index contributed by atoms with van der Waals surface area (Å²) in [5, 5.41) is 10.0. The lowest BCUT2D eigenvalue weighted by Crippen LogP contribution is -2.29. The molecule has 1 aliphatic heterocycles. The molecule has 1 unspecified atom stereocenters. The van der Waals surface area contributed by atoms with Crippen molar-refractivity contribution in [2.45, 2.75) is 59.0 Å². The van der Waals surface area contributed by atoms with Gasteiger partial charge in [0.15, 0.2) is 10.8 Å². The van der Waals surface area contributed by atoms with E-state index in [1.807, 2.05) is 23.1 Å². The highest BCUT2D eigenvalue weighted by Gasteiger charge is 2.17. The Labute approximate surface area is 153 Å². The lowest BCUT2D eigenvalue weighted by molar-refractivity contribution is 0.102. The van der Waals surface area contributed by atoms with Gasteiger partial charge in [0.1, 0.15) is 0 Å². The van der Waals surface area contributed by atoms with Crippen LogP contribution in [0.25, 0.3) is 0 Å². The minimum absolute atomic E-state index is 0.191. The minimum Gasteiger partial charge on any atom is -0.297 e. The second kappa shape index (κ2) is 8.10. The summed E-state index contributed by atoms with van der Waals surface area (Å²) in [6, 6.07) is 2.13. The number of carbonyl (C=O) groups excluding carboxylic acids is 1. The number of nitrogens with zero attached hydrogens (tertiary/aromatic N) is 4. The molecule has 1 atom stereocenters. The molecule has 2 aromatic heterocycles. The highest BCUT2D eigenvalue weighted by Crippen LogP contribution is 2.20. The monoisotopic (exact) mass is 361 g/mol. The summed E-state index contributed by atoms with van der Waals surface area (Å²) in [5.41, 5.74) is 2.48. The molecule has 0 aromatic carbocycles. The number of hydrogen-bond donors (Lipinski definition) is 1. The van der Waals surface area contributed by atoms with Crippen LogP contribution in [0.5, 0.6) is 0 Å². The maximum atomic E-state index is 12.5. The van der Waals surface area contributed by atoms with Gasteiger partial charge in [-0.05, 0) is 52.3 Å². The molecule has 0 radical (unpaired) electrons. The molecule has 1 amide bonds. The molecule has 136 valence electrons. The molecule has 25 heavy (non-hydrogen) atoms. The lowest BCUT2D eigenvalue weighted by atomic mass is 10.1. The van der Waals surface area contributed by atoms with E-state index in [1.165, 1.54) is 30.6 Å². The Morgan fingerprint density at radius 1 is 1.36 bits per heavy atom. The number of rotatable bonds is 6. The van der Waals surface area contributed by atoms with Crippen molar-refractivity contribution in [3.8, 4) is 0 Å². The lowest BCUT2D eigenvalue weighted by Gasteiger charge is -2.25. The number of carbonyl (C=O) groups is 1. The number of hydrogen-bond acceptors (Lipinski definition) is 5. The van der Waals surface area contributed by atoms with E-state index >= 15 is 0 Å². The normalized spacial score (nSPS) is 16.8. The molecular formula is C18H27N5OS. The topological polar surface area (TPSA) is 63.1 Å². The van der Waals surface area contributed by atoms with Gasteiger partial charge in [0, 0.05) is 23.7 Å². The first-order valence-electron chi connectivity index (χ1n) is 9.11. The van der Waals surface area contributed by atoms with Crippen LogP contribution in [0.2, 0.25) is 0 Å². The fourth-order valence-electron chi connectivity index (χ4n) is 3.16. The van der Waals surface area contributed by atoms with E-state index < -0.39 is 0 Å². The van der Waals surface area contributed by atoms with Gasteiger partial charge in [-0.25, -0.2) is 4.98 Å². The zero-order valence-electron chi connectivity index (χ0n) is 15.3. The summed E-state index contributed by atoms with van der Waals surface area (Å²) in [5.74, 6) is -0.191. The highest BCUT2D eigenvalue weighted by molar-refractivity contribution is 7.13. The molecule has 0 spiro atoms. The number of amides is 1. The van der Waals surface area contributed by atoms with Crippen LogP contribution in [0.1, 0.15) is 67.4 Å². The summed E-state index contributed by atoms with van der Waals surface area (Å²) in [6.45, 7) is 9.36. The van der Waals surface area contributed by atoms with Gasteiger partial charge in [0.2, 0.25) is 0 Å². The Morgan fingerprint density at radius 3 is 2.84 bits per heavy atom. The standard InChI is InChI=1S/C18H27N5OS/c1-4-13(2)23-14(3)10-16(21-23)17(24)20-18-19-15(12-25-18)11-22-8-6-5-7-9-22/h10,12-13H,4-9,11H2,1-3H3,(H,19,20,24). The van der Waals surface area contributed by atoms with Crippen molar-refractivity contribution in [1.29, 1.82) is 0 Å². The summed E-state index contributed by atoms with van der Waals surface area (Å²) in [4.78, 5) is 19.5. The predicted octanol–water partition coefficient (Wildman–Crippen LogP) is 3.86. The third-order valence-electron chi connectivity index (χ3n) is 4.77. The Hall–Kier alpha value is -1.73. The first-order valence-corrected chi connectivity index (χ1v) is 9.99. The molecule has 1 saturated heterocycles. The molecule has 0 aliphatic carbocycles. The van der Waals surface area contributed by atoms with Crippen LogP contribution in [0.3, 0.4) is 0 Å². The first-order chi connectivity index (χ1) is 12.1. The van der Waals surface area contributed by atoms with Gasteiger partial charge in [-0.3, -0.25) is 19.7 Å². The quantitative estimate of drug-likeness (QED) is 0.849. The van der Waals surface area contributed by atoms with E-state index in [9.17, 15) is 4.79 Å². The van der Waals surface area contributed by atoms with Crippen LogP contribution in [0.4, 0.5) is 5.13 Å². The fraction of sp³-hybridized carbons (Fsp3) is 0.611. The van der Waals surface area contributed by atoms with Gasteiger partial charge in [-0.1, -0.05) is 13.3 Å². The van der Waals surface area contributed by atoms with Gasteiger partial charge < -0.3 is 0 Å². The number of anilines is 1. The van der Waals surface area contributed by atoms with Crippen LogP contribution in [0.15, 0.2) is 11.4 Å². The molecule has 0 saturated carbocycles.